The number of ether oxygens (including phenoxy) is 1. The zero-order chi connectivity index (χ0) is 18.8. The third-order valence-electron chi connectivity index (χ3n) is 4.83. The molecule has 0 aliphatic carbocycles. The Kier molecular flexibility index (Phi) is 4.64. The number of carbonyl (C=O) groups excluding carboxylic acids is 1. The average molecular weight is 368 g/mol. The molecule has 0 unspecified atom stereocenters. The van der Waals surface area contributed by atoms with Crippen molar-refractivity contribution in [3.8, 4) is 5.75 Å². The lowest BCUT2D eigenvalue weighted by Crippen LogP contribution is -2.44. The number of piperazine rings is 1. The van der Waals surface area contributed by atoms with Gasteiger partial charge in [0.15, 0.2) is 12.4 Å². The number of amides is 1. The lowest BCUT2D eigenvalue weighted by Gasteiger charge is -2.35. The van der Waals surface area contributed by atoms with Crippen molar-refractivity contribution in [2.45, 2.75) is 6.54 Å². The summed E-state index contributed by atoms with van der Waals surface area (Å²) in [5.41, 5.74) is 2.40. The molecule has 1 fully saturated rings. The molecule has 2 heterocycles. The van der Waals surface area contributed by atoms with Gasteiger partial charge in [0.05, 0.1) is 22.8 Å². The maximum absolute atomic E-state index is 12.5. The Labute approximate surface area is 156 Å². The molecule has 1 saturated heterocycles. The van der Waals surface area contributed by atoms with Crippen LogP contribution in [0.5, 0.6) is 5.75 Å². The first-order valence-electron chi connectivity index (χ1n) is 8.88. The highest BCUT2D eigenvalue weighted by molar-refractivity contribution is 5.99. The highest BCUT2D eigenvalue weighted by Gasteiger charge is 2.29. The minimum atomic E-state index is -0.429. The number of carbonyl (C=O) groups is 1. The van der Waals surface area contributed by atoms with Gasteiger partial charge in [-0.1, -0.05) is 18.2 Å². The van der Waals surface area contributed by atoms with Crippen LogP contribution in [-0.2, 0) is 11.3 Å². The summed E-state index contributed by atoms with van der Waals surface area (Å²) in [4.78, 5) is 27.0. The summed E-state index contributed by atoms with van der Waals surface area (Å²) in [6.45, 7) is 3.78. The normalized spacial score (nSPS) is 16.7. The minimum Gasteiger partial charge on any atom is -0.479 e. The Morgan fingerprint density at radius 2 is 1.85 bits per heavy atom. The van der Waals surface area contributed by atoms with E-state index >= 15 is 0 Å². The largest absolute Gasteiger partial charge is 0.479 e. The molecule has 27 heavy (non-hydrogen) atoms. The second-order valence-electron chi connectivity index (χ2n) is 6.56. The zero-order valence-electron chi connectivity index (χ0n) is 14.8. The molecule has 2 aromatic rings. The zero-order valence-corrected chi connectivity index (χ0v) is 14.8. The second-order valence-corrected chi connectivity index (χ2v) is 6.56. The van der Waals surface area contributed by atoms with E-state index < -0.39 is 4.92 Å². The van der Waals surface area contributed by atoms with Crippen LogP contribution in [0.3, 0.4) is 0 Å². The van der Waals surface area contributed by atoms with Gasteiger partial charge in [-0.15, -0.1) is 0 Å². The van der Waals surface area contributed by atoms with Crippen LogP contribution in [0.25, 0.3) is 0 Å². The molecule has 0 bridgehead atoms. The number of rotatable bonds is 4. The molecule has 1 N–H and O–H groups in total. The van der Waals surface area contributed by atoms with Gasteiger partial charge in [0.25, 0.3) is 11.6 Å². The van der Waals surface area contributed by atoms with Crippen LogP contribution < -0.4 is 19.9 Å². The summed E-state index contributed by atoms with van der Waals surface area (Å²) >= 11 is 0. The van der Waals surface area contributed by atoms with Crippen molar-refractivity contribution >= 4 is 23.0 Å². The van der Waals surface area contributed by atoms with Crippen LogP contribution in [0.4, 0.5) is 17.1 Å². The number of non-ortho nitro benzene ring substituents is 1. The topological polar surface area (TPSA) is 88.0 Å². The quantitative estimate of drug-likeness (QED) is 0.655. The molecule has 2 aliphatic heterocycles. The van der Waals surface area contributed by atoms with Crippen LogP contribution in [0, 0.1) is 10.1 Å². The second kappa shape index (κ2) is 7.24. The van der Waals surface area contributed by atoms with Crippen LogP contribution in [0.1, 0.15) is 5.56 Å². The van der Waals surface area contributed by atoms with E-state index in [2.05, 4.69) is 10.2 Å². The van der Waals surface area contributed by atoms with Crippen molar-refractivity contribution < 1.29 is 14.5 Å². The number of hydrogen-bond acceptors (Lipinski definition) is 6. The standard InChI is InChI=1S/C19H20N4O4/c24-18-13-27-19-16(21-9-7-20-8-10-21)5-2-6-17(19)22(18)12-14-3-1-4-15(11-14)23(25)26/h1-6,11,20H,7-10,12-13H2. The van der Waals surface area contributed by atoms with Crippen molar-refractivity contribution in [1.82, 2.24) is 5.32 Å². The van der Waals surface area contributed by atoms with Gasteiger partial charge in [-0.2, -0.15) is 0 Å². The minimum absolute atomic E-state index is 0.0167. The number of nitrogens with one attached hydrogen (secondary N) is 1. The Bertz CT molecular complexity index is 880. The fraction of sp³-hybridized carbons (Fsp3) is 0.316. The van der Waals surface area contributed by atoms with Gasteiger partial charge in [0.2, 0.25) is 0 Å². The number of hydrogen-bond donors (Lipinski definition) is 1. The molecular formula is C19H20N4O4. The Morgan fingerprint density at radius 1 is 1.11 bits per heavy atom. The van der Waals surface area contributed by atoms with E-state index in [9.17, 15) is 14.9 Å². The van der Waals surface area contributed by atoms with Gasteiger partial charge in [0, 0.05) is 38.3 Å². The summed E-state index contributed by atoms with van der Waals surface area (Å²) in [5.74, 6) is 0.538. The van der Waals surface area contributed by atoms with E-state index in [1.165, 1.54) is 12.1 Å². The predicted molar refractivity (Wildman–Crippen MR) is 101 cm³/mol. The van der Waals surface area contributed by atoms with Gasteiger partial charge in [-0.3, -0.25) is 14.9 Å². The number of anilines is 2. The SMILES string of the molecule is O=C1COc2c(N3CCNCC3)cccc2N1Cc1cccc([N+](=O)[O-])c1. The molecular weight excluding hydrogens is 348 g/mol. The maximum Gasteiger partial charge on any atom is 0.269 e. The first-order chi connectivity index (χ1) is 13.1. The van der Waals surface area contributed by atoms with Gasteiger partial charge in [0.1, 0.15) is 0 Å². The number of fused-ring (bicyclic) bond motifs is 1. The van der Waals surface area contributed by atoms with Crippen molar-refractivity contribution in [1.29, 1.82) is 0 Å². The molecule has 8 nitrogen and oxygen atoms in total. The van der Waals surface area contributed by atoms with Gasteiger partial charge in [-0.05, 0) is 17.7 Å². The van der Waals surface area contributed by atoms with Crippen LogP contribution in [0.15, 0.2) is 42.5 Å². The van der Waals surface area contributed by atoms with E-state index in [1.807, 2.05) is 18.2 Å². The smallest absolute Gasteiger partial charge is 0.269 e. The molecule has 0 aromatic heterocycles. The lowest BCUT2D eigenvalue weighted by atomic mass is 10.1. The molecule has 2 aliphatic rings. The van der Waals surface area contributed by atoms with Crippen LogP contribution in [-0.4, -0.2) is 43.6 Å². The highest BCUT2D eigenvalue weighted by atomic mass is 16.6. The monoisotopic (exact) mass is 368 g/mol. The molecule has 4 rings (SSSR count). The number of nitro groups is 1. The van der Waals surface area contributed by atoms with Crippen molar-refractivity contribution in [3.63, 3.8) is 0 Å². The fourth-order valence-electron chi connectivity index (χ4n) is 3.50. The molecule has 1 amide bonds. The highest BCUT2D eigenvalue weighted by Crippen LogP contribution is 2.41. The average Bonchev–Trinajstić information content (AvgIpc) is 2.70. The van der Waals surface area contributed by atoms with Gasteiger partial charge in [-0.25, -0.2) is 0 Å². The molecule has 140 valence electrons. The van der Waals surface area contributed by atoms with Crippen LogP contribution in [0.2, 0.25) is 0 Å². The lowest BCUT2D eigenvalue weighted by molar-refractivity contribution is -0.384. The van der Waals surface area contributed by atoms with Crippen LogP contribution >= 0.6 is 0 Å². The van der Waals surface area contributed by atoms with E-state index in [1.54, 1.807) is 17.0 Å². The molecule has 0 radical (unpaired) electrons. The van der Waals surface area contributed by atoms with Crippen molar-refractivity contribution in [2.24, 2.45) is 0 Å². The van der Waals surface area contributed by atoms with E-state index in [0.717, 1.165) is 31.9 Å². The van der Waals surface area contributed by atoms with E-state index in [0.29, 0.717) is 17.0 Å². The molecule has 0 atom stereocenters. The first kappa shape index (κ1) is 17.3. The Hall–Kier alpha value is -3.13. The van der Waals surface area contributed by atoms with Crippen molar-refractivity contribution in [2.75, 3.05) is 42.6 Å². The predicted octanol–water partition coefficient (Wildman–Crippen LogP) is 1.93. The molecule has 8 heteroatoms. The summed E-state index contributed by atoms with van der Waals surface area (Å²) in [5, 5.41) is 14.3. The Morgan fingerprint density at radius 3 is 2.63 bits per heavy atom. The van der Waals surface area contributed by atoms with E-state index in [-0.39, 0.29) is 24.7 Å². The number of nitro benzene ring substituents is 1. The molecule has 0 saturated carbocycles. The maximum atomic E-state index is 12.5. The number of nitrogens with zero attached hydrogens (tertiary/aromatic N) is 3. The first-order valence-corrected chi connectivity index (χ1v) is 8.88. The van der Waals surface area contributed by atoms with Gasteiger partial charge < -0.3 is 19.9 Å². The molecule has 0 spiro atoms. The van der Waals surface area contributed by atoms with E-state index in [4.69, 9.17) is 4.74 Å². The summed E-state index contributed by atoms with van der Waals surface area (Å²) in [6, 6.07) is 12.1. The Balaban J connectivity index is 1.66. The third-order valence-corrected chi connectivity index (χ3v) is 4.83. The third kappa shape index (κ3) is 3.43. The summed E-state index contributed by atoms with van der Waals surface area (Å²) in [7, 11) is 0. The number of benzene rings is 2. The van der Waals surface area contributed by atoms with Crippen molar-refractivity contribution in [3.05, 3.63) is 58.1 Å². The summed E-state index contributed by atoms with van der Waals surface area (Å²) < 4.78 is 5.79. The summed E-state index contributed by atoms with van der Waals surface area (Å²) in [6.07, 6.45) is 0. The fourth-order valence-corrected chi connectivity index (χ4v) is 3.50. The van der Waals surface area contributed by atoms with Gasteiger partial charge >= 0.3 is 0 Å². The number of para-hydroxylation sites is 1. The molecule has 2 aromatic carbocycles.